The fourth-order valence-corrected chi connectivity index (χ4v) is 3.04. The Morgan fingerprint density at radius 1 is 1.00 bits per heavy atom. The van der Waals surface area contributed by atoms with Gasteiger partial charge in [-0.15, -0.1) is 0 Å². The third kappa shape index (κ3) is 4.11. The standard InChI is InChI=1S/C23H22N4O2/c1-15-10-11-18(13-16(15)2)28-20-9-5-4-7-17(20)14-21-26-23(27-29-21)19-8-6-12-25-22(19)24-3/h4-13H,14H2,1-3H3,(H,24,25). The lowest BCUT2D eigenvalue weighted by atomic mass is 10.1. The summed E-state index contributed by atoms with van der Waals surface area (Å²) in [6.45, 7) is 4.16. The molecule has 0 amide bonds. The third-order valence-corrected chi connectivity index (χ3v) is 4.77. The van der Waals surface area contributed by atoms with E-state index in [0.29, 0.717) is 24.0 Å². The van der Waals surface area contributed by atoms with Crippen LogP contribution in [0.2, 0.25) is 0 Å². The Hall–Kier alpha value is -3.67. The van der Waals surface area contributed by atoms with E-state index in [0.717, 1.165) is 22.6 Å². The first kappa shape index (κ1) is 18.7. The molecular weight excluding hydrogens is 364 g/mol. The van der Waals surface area contributed by atoms with Crippen molar-refractivity contribution in [2.45, 2.75) is 20.3 Å². The maximum Gasteiger partial charge on any atom is 0.231 e. The molecule has 2 aromatic carbocycles. The van der Waals surface area contributed by atoms with Gasteiger partial charge in [0.25, 0.3) is 0 Å². The molecule has 0 unspecified atom stereocenters. The first-order valence-electron chi connectivity index (χ1n) is 9.43. The number of hydrogen-bond donors (Lipinski definition) is 1. The van der Waals surface area contributed by atoms with Crippen LogP contribution in [-0.2, 0) is 6.42 Å². The molecule has 0 radical (unpaired) electrons. The molecular formula is C23H22N4O2. The number of hydrogen-bond acceptors (Lipinski definition) is 6. The summed E-state index contributed by atoms with van der Waals surface area (Å²) in [5, 5.41) is 7.16. The van der Waals surface area contributed by atoms with Crippen LogP contribution >= 0.6 is 0 Å². The van der Waals surface area contributed by atoms with Gasteiger partial charge >= 0.3 is 0 Å². The molecule has 29 heavy (non-hydrogen) atoms. The van der Waals surface area contributed by atoms with Crippen LogP contribution in [0, 0.1) is 13.8 Å². The van der Waals surface area contributed by atoms with Gasteiger partial charge in [-0.05, 0) is 55.3 Å². The van der Waals surface area contributed by atoms with E-state index in [1.54, 1.807) is 6.20 Å². The predicted molar refractivity (Wildman–Crippen MR) is 112 cm³/mol. The van der Waals surface area contributed by atoms with Crippen LogP contribution in [0.1, 0.15) is 22.6 Å². The molecule has 1 N–H and O–H groups in total. The molecule has 6 nitrogen and oxygen atoms in total. The summed E-state index contributed by atoms with van der Waals surface area (Å²) in [6.07, 6.45) is 2.19. The maximum atomic E-state index is 6.14. The van der Waals surface area contributed by atoms with Crippen molar-refractivity contribution in [2.24, 2.45) is 0 Å². The Morgan fingerprint density at radius 3 is 2.69 bits per heavy atom. The highest BCUT2D eigenvalue weighted by Crippen LogP contribution is 2.29. The monoisotopic (exact) mass is 386 g/mol. The first-order chi connectivity index (χ1) is 14.1. The van der Waals surface area contributed by atoms with Crippen LogP contribution in [-0.4, -0.2) is 22.2 Å². The number of pyridine rings is 1. The Balaban J connectivity index is 1.58. The molecule has 4 aromatic rings. The lowest BCUT2D eigenvalue weighted by Crippen LogP contribution is -1.96. The summed E-state index contributed by atoms with van der Waals surface area (Å²) in [5.74, 6) is 3.30. The van der Waals surface area contributed by atoms with Crippen LogP contribution in [0.5, 0.6) is 11.5 Å². The molecule has 0 saturated heterocycles. The van der Waals surface area contributed by atoms with Crippen LogP contribution in [0.3, 0.4) is 0 Å². The Kier molecular flexibility index (Phi) is 5.24. The average molecular weight is 386 g/mol. The van der Waals surface area contributed by atoms with Crippen molar-refractivity contribution in [3.63, 3.8) is 0 Å². The zero-order valence-electron chi connectivity index (χ0n) is 16.6. The van der Waals surface area contributed by atoms with E-state index >= 15 is 0 Å². The van der Waals surface area contributed by atoms with Crippen LogP contribution < -0.4 is 10.1 Å². The zero-order chi connectivity index (χ0) is 20.2. The van der Waals surface area contributed by atoms with E-state index in [2.05, 4.69) is 40.4 Å². The molecule has 0 aliphatic carbocycles. The van der Waals surface area contributed by atoms with E-state index in [1.807, 2.05) is 55.6 Å². The number of nitrogens with one attached hydrogen (secondary N) is 1. The van der Waals surface area contributed by atoms with Crippen molar-refractivity contribution in [1.82, 2.24) is 15.1 Å². The zero-order valence-corrected chi connectivity index (χ0v) is 16.6. The van der Waals surface area contributed by atoms with Gasteiger partial charge in [0.2, 0.25) is 11.7 Å². The van der Waals surface area contributed by atoms with E-state index in [4.69, 9.17) is 9.26 Å². The number of ether oxygens (including phenoxy) is 1. The minimum Gasteiger partial charge on any atom is -0.457 e. The van der Waals surface area contributed by atoms with Gasteiger partial charge < -0.3 is 14.6 Å². The first-order valence-corrected chi connectivity index (χ1v) is 9.43. The highest BCUT2D eigenvalue weighted by molar-refractivity contribution is 5.69. The van der Waals surface area contributed by atoms with Gasteiger partial charge in [-0.25, -0.2) is 4.98 Å². The van der Waals surface area contributed by atoms with E-state index in [9.17, 15) is 0 Å². The van der Waals surface area contributed by atoms with Crippen LogP contribution in [0.25, 0.3) is 11.4 Å². The number of aromatic nitrogens is 3. The Bertz CT molecular complexity index is 1140. The summed E-state index contributed by atoms with van der Waals surface area (Å²) >= 11 is 0. The highest BCUT2D eigenvalue weighted by Gasteiger charge is 2.15. The molecule has 2 heterocycles. The number of aryl methyl sites for hydroxylation is 2. The molecule has 4 rings (SSSR count). The summed E-state index contributed by atoms with van der Waals surface area (Å²) in [7, 11) is 1.81. The molecule has 0 spiro atoms. The summed E-state index contributed by atoms with van der Waals surface area (Å²) in [4.78, 5) is 8.83. The topological polar surface area (TPSA) is 73.1 Å². The second-order valence-electron chi connectivity index (χ2n) is 6.79. The SMILES string of the molecule is CNc1ncccc1-c1noc(Cc2ccccc2Oc2ccc(C)c(C)c2)n1. The van der Waals surface area contributed by atoms with Gasteiger partial charge in [0.05, 0.1) is 12.0 Å². The molecule has 0 atom stereocenters. The van der Waals surface area contributed by atoms with Crippen molar-refractivity contribution >= 4 is 5.82 Å². The lowest BCUT2D eigenvalue weighted by Gasteiger charge is -2.11. The fourth-order valence-electron chi connectivity index (χ4n) is 3.04. The van der Waals surface area contributed by atoms with E-state index in [-0.39, 0.29) is 0 Å². The van der Waals surface area contributed by atoms with Crippen molar-refractivity contribution in [2.75, 3.05) is 12.4 Å². The van der Waals surface area contributed by atoms with Crippen molar-refractivity contribution < 1.29 is 9.26 Å². The second-order valence-corrected chi connectivity index (χ2v) is 6.79. The van der Waals surface area contributed by atoms with E-state index in [1.165, 1.54) is 11.1 Å². The summed E-state index contributed by atoms with van der Waals surface area (Å²) in [5.41, 5.74) is 4.20. The number of rotatable bonds is 6. The average Bonchev–Trinajstić information content (AvgIpc) is 3.20. The molecule has 146 valence electrons. The number of anilines is 1. The van der Waals surface area contributed by atoms with Gasteiger partial charge in [0.15, 0.2) is 0 Å². The molecule has 2 aromatic heterocycles. The Morgan fingerprint density at radius 2 is 1.86 bits per heavy atom. The van der Waals surface area contributed by atoms with Gasteiger partial charge in [-0.1, -0.05) is 29.4 Å². The molecule has 0 aliphatic rings. The maximum absolute atomic E-state index is 6.14. The van der Waals surface area contributed by atoms with Crippen LogP contribution in [0.15, 0.2) is 65.3 Å². The summed E-state index contributed by atoms with van der Waals surface area (Å²) < 4.78 is 11.6. The van der Waals surface area contributed by atoms with Gasteiger partial charge in [0.1, 0.15) is 17.3 Å². The largest absolute Gasteiger partial charge is 0.457 e. The normalized spacial score (nSPS) is 10.7. The van der Waals surface area contributed by atoms with Crippen molar-refractivity contribution in [3.05, 3.63) is 83.4 Å². The molecule has 0 fully saturated rings. The van der Waals surface area contributed by atoms with Crippen LogP contribution in [0.4, 0.5) is 5.82 Å². The van der Waals surface area contributed by atoms with Crippen molar-refractivity contribution in [1.29, 1.82) is 0 Å². The predicted octanol–water partition coefficient (Wildman–Crippen LogP) is 5.17. The molecule has 0 aliphatic heterocycles. The summed E-state index contributed by atoms with van der Waals surface area (Å²) in [6, 6.07) is 17.7. The second kappa shape index (κ2) is 8.14. The number of nitrogens with zero attached hydrogens (tertiary/aromatic N) is 3. The number of para-hydroxylation sites is 1. The minimum atomic E-state index is 0.475. The molecule has 0 bridgehead atoms. The third-order valence-electron chi connectivity index (χ3n) is 4.77. The van der Waals surface area contributed by atoms with Gasteiger partial charge in [-0.3, -0.25) is 0 Å². The minimum absolute atomic E-state index is 0.475. The van der Waals surface area contributed by atoms with Crippen molar-refractivity contribution in [3.8, 4) is 22.9 Å². The molecule has 0 saturated carbocycles. The quantitative estimate of drug-likeness (QED) is 0.493. The number of benzene rings is 2. The Labute approximate surface area is 169 Å². The van der Waals surface area contributed by atoms with Gasteiger partial charge in [-0.2, -0.15) is 4.98 Å². The molecule has 6 heteroatoms. The van der Waals surface area contributed by atoms with Gasteiger partial charge in [0, 0.05) is 18.8 Å². The lowest BCUT2D eigenvalue weighted by molar-refractivity contribution is 0.383. The smallest absolute Gasteiger partial charge is 0.231 e. The van der Waals surface area contributed by atoms with E-state index < -0.39 is 0 Å². The highest BCUT2D eigenvalue weighted by atomic mass is 16.5. The fraction of sp³-hybridized carbons (Fsp3) is 0.174.